The molecule has 0 amide bonds. The van der Waals surface area contributed by atoms with Crippen molar-refractivity contribution in [2.75, 3.05) is 24.6 Å². The van der Waals surface area contributed by atoms with Gasteiger partial charge in [0.05, 0.1) is 0 Å². The maximum atomic E-state index is 13.2. The molecule has 0 radical (unpaired) electrons. The number of aliphatic hydroxyl groups excluding tert-OH is 1. The topological polar surface area (TPSA) is 23.5 Å². The van der Waals surface area contributed by atoms with Crippen molar-refractivity contribution in [1.82, 2.24) is 0 Å². The molecule has 1 fully saturated rings. The predicted octanol–water partition coefficient (Wildman–Crippen LogP) is 1.96. The standard InChI is InChI=1S/C12H16FNO/c13-11-4-3-10(5-8-15)12(9-11)14-6-1-2-7-14/h3-4,9,15H,1-2,5-8H2. The smallest absolute Gasteiger partial charge is 0.125 e. The largest absolute Gasteiger partial charge is 0.396 e. The van der Waals surface area contributed by atoms with Crippen LogP contribution >= 0.6 is 0 Å². The minimum Gasteiger partial charge on any atom is -0.396 e. The Bertz CT molecular complexity index is 334. The van der Waals surface area contributed by atoms with E-state index in [-0.39, 0.29) is 12.4 Å². The van der Waals surface area contributed by atoms with Crippen LogP contribution < -0.4 is 4.90 Å². The van der Waals surface area contributed by atoms with Gasteiger partial charge in [-0.3, -0.25) is 0 Å². The average Bonchev–Trinajstić information content (AvgIpc) is 2.74. The Balaban J connectivity index is 2.28. The molecule has 1 aromatic carbocycles. The number of hydrogen-bond donors (Lipinski definition) is 1. The van der Waals surface area contributed by atoms with Crippen molar-refractivity contribution < 1.29 is 9.50 Å². The van der Waals surface area contributed by atoms with Gasteiger partial charge in [-0.25, -0.2) is 4.39 Å². The summed E-state index contributed by atoms with van der Waals surface area (Å²) in [6, 6.07) is 4.82. The van der Waals surface area contributed by atoms with Crippen LogP contribution in [0, 0.1) is 5.82 Å². The monoisotopic (exact) mass is 209 g/mol. The molecule has 0 saturated carbocycles. The normalized spacial score (nSPS) is 16.0. The lowest BCUT2D eigenvalue weighted by Crippen LogP contribution is -2.19. The Hall–Kier alpha value is -1.09. The molecule has 1 aromatic rings. The molecule has 0 bridgehead atoms. The van der Waals surface area contributed by atoms with Crippen molar-refractivity contribution in [3.8, 4) is 0 Å². The van der Waals surface area contributed by atoms with Gasteiger partial charge in [-0.05, 0) is 37.0 Å². The minimum absolute atomic E-state index is 0.118. The summed E-state index contributed by atoms with van der Waals surface area (Å²) in [5, 5.41) is 8.94. The molecule has 1 N–H and O–H groups in total. The highest BCUT2D eigenvalue weighted by Crippen LogP contribution is 2.25. The molecule has 0 atom stereocenters. The molecule has 0 aromatic heterocycles. The van der Waals surface area contributed by atoms with Gasteiger partial charge in [0, 0.05) is 25.4 Å². The first-order chi connectivity index (χ1) is 7.31. The maximum Gasteiger partial charge on any atom is 0.125 e. The Morgan fingerprint density at radius 1 is 1.27 bits per heavy atom. The van der Waals surface area contributed by atoms with Gasteiger partial charge in [0.25, 0.3) is 0 Å². The predicted molar refractivity (Wildman–Crippen MR) is 58.6 cm³/mol. The second-order valence-corrected chi connectivity index (χ2v) is 3.94. The molecule has 82 valence electrons. The summed E-state index contributed by atoms with van der Waals surface area (Å²) in [5.41, 5.74) is 2.00. The van der Waals surface area contributed by atoms with Crippen molar-refractivity contribution in [3.63, 3.8) is 0 Å². The number of nitrogens with zero attached hydrogens (tertiary/aromatic N) is 1. The third-order valence-corrected chi connectivity index (χ3v) is 2.88. The van der Waals surface area contributed by atoms with Gasteiger partial charge in [-0.1, -0.05) is 6.07 Å². The van der Waals surface area contributed by atoms with Crippen LogP contribution in [-0.4, -0.2) is 24.8 Å². The Labute approximate surface area is 89.3 Å². The first-order valence-electron chi connectivity index (χ1n) is 5.45. The van der Waals surface area contributed by atoms with Crippen LogP contribution in [0.1, 0.15) is 18.4 Å². The number of benzene rings is 1. The fourth-order valence-electron chi connectivity index (χ4n) is 2.12. The van der Waals surface area contributed by atoms with E-state index in [0.717, 1.165) is 24.3 Å². The van der Waals surface area contributed by atoms with Crippen molar-refractivity contribution in [3.05, 3.63) is 29.6 Å². The molecule has 0 aliphatic carbocycles. The molecule has 1 saturated heterocycles. The van der Waals surface area contributed by atoms with Crippen LogP contribution in [0.5, 0.6) is 0 Å². The zero-order valence-corrected chi connectivity index (χ0v) is 8.75. The van der Waals surface area contributed by atoms with Crippen LogP contribution in [0.3, 0.4) is 0 Å². The average molecular weight is 209 g/mol. The van der Waals surface area contributed by atoms with Gasteiger partial charge in [-0.15, -0.1) is 0 Å². The molecule has 3 heteroatoms. The summed E-state index contributed by atoms with van der Waals surface area (Å²) in [7, 11) is 0. The van der Waals surface area contributed by atoms with Crippen molar-refractivity contribution in [2.24, 2.45) is 0 Å². The van der Waals surface area contributed by atoms with Gasteiger partial charge >= 0.3 is 0 Å². The van der Waals surface area contributed by atoms with Gasteiger partial charge in [-0.2, -0.15) is 0 Å². The number of rotatable bonds is 3. The second-order valence-electron chi connectivity index (χ2n) is 3.94. The lowest BCUT2D eigenvalue weighted by molar-refractivity contribution is 0.299. The Morgan fingerprint density at radius 3 is 2.67 bits per heavy atom. The van der Waals surface area contributed by atoms with Gasteiger partial charge < -0.3 is 10.0 Å². The molecular weight excluding hydrogens is 193 g/mol. The Morgan fingerprint density at radius 2 is 2.00 bits per heavy atom. The quantitative estimate of drug-likeness (QED) is 0.822. The molecule has 1 aliphatic rings. The van der Waals surface area contributed by atoms with Crippen LogP contribution in [-0.2, 0) is 6.42 Å². The number of aliphatic hydroxyl groups is 1. The van der Waals surface area contributed by atoms with E-state index in [1.807, 2.05) is 0 Å². The van der Waals surface area contributed by atoms with Gasteiger partial charge in [0.2, 0.25) is 0 Å². The lowest BCUT2D eigenvalue weighted by Gasteiger charge is -2.21. The van der Waals surface area contributed by atoms with Crippen molar-refractivity contribution >= 4 is 5.69 Å². The zero-order valence-electron chi connectivity index (χ0n) is 8.75. The summed E-state index contributed by atoms with van der Waals surface area (Å²) >= 11 is 0. The van der Waals surface area contributed by atoms with E-state index >= 15 is 0 Å². The van der Waals surface area contributed by atoms with Gasteiger partial charge in [0.1, 0.15) is 5.82 Å². The molecule has 0 spiro atoms. The van der Waals surface area contributed by atoms with Crippen LogP contribution in [0.15, 0.2) is 18.2 Å². The van der Waals surface area contributed by atoms with E-state index < -0.39 is 0 Å². The zero-order chi connectivity index (χ0) is 10.7. The molecule has 2 rings (SSSR count). The lowest BCUT2D eigenvalue weighted by atomic mass is 10.1. The first kappa shape index (κ1) is 10.4. The number of hydrogen-bond acceptors (Lipinski definition) is 2. The second kappa shape index (κ2) is 4.62. The van der Waals surface area contributed by atoms with Crippen LogP contribution in [0.4, 0.5) is 10.1 Å². The van der Waals surface area contributed by atoms with Crippen LogP contribution in [0.2, 0.25) is 0 Å². The van der Waals surface area contributed by atoms with Crippen LogP contribution in [0.25, 0.3) is 0 Å². The number of anilines is 1. The van der Waals surface area contributed by atoms with E-state index in [9.17, 15) is 4.39 Å². The maximum absolute atomic E-state index is 13.2. The van der Waals surface area contributed by atoms with E-state index in [1.54, 1.807) is 12.1 Å². The highest BCUT2D eigenvalue weighted by atomic mass is 19.1. The fourth-order valence-corrected chi connectivity index (χ4v) is 2.12. The summed E-state index contributed by atoms with van der Waals surface area (Å²) in [6.45, 7) is 2.12. The molecule has 15 heavy (non-hydrogen) atoms. The summed E-state index contributed by atoms with van der Waals surface area (Å²) in [4.78, 5) is 2.20. The van der Waals surface area contributed by atoms with E-state index in [4.69, 9.17) is 5.11 Å². The highest BCUT2D eigenvalue weighted by molar-refractivity contribution is 5.54. The minimum atomic E-state index is -0.196. The van der Waals surface area contributed by atoms with Crippen molar-refractivity contribution in [1.29, 1.82) is 0 Å². The highest BCUT2D eigenvalue weighted by Gasteiger charge is 2.15. The van der Waals surface area contributed by atoms with E-state index in [1.165, 1.54) is 18.9 Å². The SMILES string of the molecule is OCCc1ccc(F)cc1N1CCCC1. The molecular formula is C12H16FNO. The summed E-state index contributed by atoms with van der Waals surface area (Å²) in [5.74, 6) is -0.196. The third kappa shape index (κ3) is 2.29. The van der Waals surface area contributed by atoms with Gasteiger partial charge in [0.15, 0.2) is 0 Å². The first-order valence-corrected chi connectivity index (χ1v) is 5.45. The number of halogens is 1. The van der Waals surface area contributed by atoms with Crippen molar-refractivity contribution in [2.45, 2.75) is 19.3 Å². The molecule has 2 nitrogen and oxygen atoms in total. The third-order valence-electron chi connectivity index (χ3n) is 2.88. The molecule has 1 aliphatic heterocycles. The van der Waals surface area contributed by atoms with E-state index in [2.05, 4.69) is 4.90 Å². The molecule has 1 heterocycles. The molecule has 0 unspecified atom stereocenters. The summed E-state index contributed by atoms with van der Waals surface area (Å²) < 4.78 is 13.2. The fraction of sp³-hybridized carbons (Fsp3) is 0.500. The van der Waals surface area contributed by atoms with E-state index in [0.29, 0.717) is 6.42 Å². The Kier molecular flexibility index (Phi) is 3.21. The summed E-state index contributed by atoms with van der Waals surface area (Å²) in [6.07, 6.45) is 2.95.